The van der Waals surface area contributed by atoms with E-state index in [1.165, 1.54) is 50.6 Å². The van der Waals surface area contributed by atoms with Crippen LogP contribution in [0, 0.1) is 5.92 Å². The quantitative estimate of drug-likeness (QED) is 0.469. The van der Waals surface area contributed by atoms with Crippen molar-refractivity contribution in [2.75, 3.05) is 0 Å². The molecule has 2 aromatic carbocycles. The van der Waals surface area contributed by atoms with Gasteiger partial charge in [-0.15, -0.1) is 11.3 Å². The zero-order chi connectivity index (χ0) is 15.7. The van der Waals surface area contributed by atoms with Crippen LogP contribution in [0.3, 0.4) is 0 Å². The molecule has 0 amide bonds. The molecule has 0 radical (unpaired) electrons. The molecule has 1 atom stereocenters. The molecule has 1 aromatic heterocycles. The number of rotatable bonds is 5. The molecule has 0 N–H and O–H groups in total. The number of aryl methyl sites for hydroxylation is 1. The molecule has 0 fully saturated rings. The van der Waals surface area contributed by atoms with Crippen LogP contribution in [0.2, 0.25) is 0 Å². The maximum atomic E-state index is 2.41. The highest BCUT2D eigenvalue weighted by molar-refractivity contribution is 7.25. The first-order valence-electron chi connectivity index (χ1n) is 8.55. The molecule has 0 nitrogen and oxygen atoms in total. The van der Waals surface area contributed by atoms with E-state index in [9.17, 15) is 0 Å². The van der Waals surface area contributed by atoms with Crippen LogP contribution in [0.1, 0.15) is 57.6 Å². The first kappa shape index (κ1) is 15.6. The maximum Gasteiger partial charge on any atom is 0.0358 e. The molecular formula is C21H26S. The second kappa shape index (κ2) is 6.42. The lowest BCUT2D eigenvalue weighted by atomic mass is 9.90. The van der Waals surface area contributed by atoms with Crippen LogP contribution in [0.4, 0.5) is 0 Å². The smallest absolute Gasteiger partial charge is 0.0358 e. The third-order valence-corrected chi connectivity index (χ3v) is 6.04. The van der Waals surface area contributed by atoms with E-state index >= 15 is 0 Å². The average molecular weight is 311 g/mol. The third kappa shape index (κ3) is 2.92. The summed E-state index contributed by atoms with van der Waals surface area (Å²) in [5, 5.41) is 2.87. The lowest BCUT2D eigenvalue weighted by Crippen LogP contribution is -2.01. The zero-order valence-corrected chi connectivity index (χ0v) is 15.0. The zero-order valence-electron chi connectivity index (χ0n) is 14.1. The molecule has 0 aliphatic heterocycles. The van der Waals surface area contributed by atoms with Gasteiger partial charge in [-0.2, -0.15) is 0 Å². The van der Waals surface area contributed by atoms with Crippen molar-refractivity contribution in [2.24, 2.45) is 5.92 Å². The summed E-state index contributed by atoms with van der Waals surface area (Å²) in [6.07, 6.45) is 3.74. The Morgan fingerprint density at radius 1 is 0.909 bits per heavy atom. The summed E-state index contributed by atoms with van der Waals surface area (Å²) >= 11 is 1.94. The van der Waals surface area contributed by atoms with E-state index in [-0.39, 0.29) is 0 Å². The van der Waals surface area contributed by atoms with Crippen LogP contribution >= 0.6 is 11.3 Å². The van der Waals surface area contributed by atoms with Gasteiger partial charge in [0.2, 0.25) is 0 Å². The third-order valence-electron chi connectivity index (χ3n) is 4.90. The second-order valence-electron chi connectivity index (χ2n) is 6.82. The molecule has 1 unspecified atom stereocenters. The van der Waals surface area contributed by atoms with E-state index in [0.717, 1.165) is 0 Å². The van der Waals surface area contributed by atoms with Gasteiger partial charge >= 0.3 is 0 Å². The summed E-state index contributed by atoms with van der Waals surface area (Å²) in [6.45, 7) is 9.21. The van der Waals surface area contributed by atoms with E-state index in [1.54, 1.807) is 0 Å². The lowest BCUT2D eigenvalue weighted by molar-refractivity contribution is 0.535. The summed E-state index contributed by atoms with van der Waals surface area (Å²) < 4.78 is 2.86. The largest absolute Gasteiger partial charge is 0.135 e. The van der Waals surface area contributed by atoms with Crippen LogP contribution in [0.15, 0.2) is 36.4 Å². The highest BCUT2D eigenvalue weighted by Gasteiger charge is 2.12. The topological polar surface area (TPSA) is 0 Å². The summed E-state index contributed by atoms with van der Waals surface area (Å²) in [6, 6.07) is 14.1. The summed E-state index contributed by atoms with van der Waals surface area (Å²) in [5.41, 5.74) is 2.95. The van der Waals surface area contributed by atoms with E-state index in [4.69, 9.17) is 0 Å². The molecule has 1 heterocycles. The molecule has 22 heavy (non-hydrogen) atoms. The van der Waals surface area contributed by atoms with Crippen molar-refractivity contribution in [3.8, 4) is 0 Å². The minimum absolute atomic E-state index is 0.620. The molecule has 0 saturated carbocycles. The van der Waals surface area contributed by atoms with E-state index < -0.39 is 0 Å². The fourth-order valence-corrected chi connectivity index (χ4v) is 4.18. The number of hydrogen-bond acceptors (Lipinski definition) is 1. The minimum atomic E-state index is 0.620. The summed E-state index contributed by atoms with van der Waals surface area (Å²) in [4.78, 5) is 0. The Labute approximate surface area is 138 Å². The molecule has 1 heteroatoms. The Morgan fingerprint density at radius 3 is 2.45 bits per heavy atom. The van der Waals surface area contributed by atoms with E-state index in [2.05, 4.69) is 64.1 Å². The van der Waals surface area contributed by atoms with Gasteiger partial charge in [0, 0.05) is 20.2 Å². The predicted molar refractivity (Wildman–Crippen MR) is 101 cm³/mol. The summed E-state index contributed by atoms with van der Waals surface area (Å²) in [5.74, 6) is 1.31. The number of benzene rings is 2. The Bertz CT molecular complexity index is 779. The van der Waals surface area contributed by atoms with Crippen molar-refractivity contribution in [1.29, 1.82) is 0 Å². The highest BCUT2D eigenvalue weighted by Crippen LogP contribution is 2.37. The predicted octanol–water partition coefficient (Wildman–Crippen LogP) is 7.16. The fourth-order valence-electron chi connectivity index (χ4n) is 3.05. The Morgan fingerprint density at radius 2 is 1.73 bits per heavy atom. The van der Waals surface area contributed by atoms with Crippen LogP contribution in [-0.2, 0) is 6.42 Å². The highest BCUT2D eigenvalue weighted by atomic mass is 32.1. The number of fused-ring (bicyclic) bond motifs is 3. The number of hydrogen-bond donors (Lipinski definition) is 0. The van der Waals surface area contributed by atoms with Crippen molar-refractivity contribution in [3.63, 3.8) is 0 Å². The molecule has 3 rings (SSSR count). The summed E-state index contributed by atoms with van der Waals surface area (Å²) in [7, 11) is 0. The van der Waals surface area contributed by atoms with Crippen molar-refractivity contribution < 1.29 is 0 Å². The van der Waals surface area contributed by atoms with Gasteiger partial charge in [0.25, 0.3) is 0 Å². The van der Waals surface area contributed by atoms with Crippen molar-refractivity contribution in [3.05, 3.63) is 47.5 Å². The number of unbranched alkanes of at least 4 members (excludes halogenated alkanes) is 1. The van der Waals surface area contributed by atoms with Gasteiger partial charge in [-0.25, -0.2) is 0 Å². The van der Waals surface area contributed by atoms with Crippen LogP contribution in [0.5, 0.6) is 0 Å². The molecule has 116 valence electrons. The Hall–Kier alpha value is -1.34. The average Bonchev–Trinajstić information content (AvgIpc) is 2.88. The van der Waals surface area contributed by atoms with Gasteiger partial charge in [0.05, 0.1) is 0 Å². The first-order valence-corrected chi connectivity index (χ1v) is 9.37. The molecule has 0 aliphatic carbocycles. The standard InChI is InChI=1S/C21H26S/c1-5-6-7-16-8-11-20-19(12-16)18-10-9-17(13-21(18)22-20)15(4)14(2)3/h8-15H,5-7H2,1-4H3. The van der Waals surface area contributed by atoms with Gasteiger partial charge < -0.3 is 0 Å². The SMILES string of the molecule is CCCCc1ccc2sc3cc(C(C)C(C)C)ccc3c2c1. The van der Waals surface area contributed by atoms with Gasteiger partial charge in [-0.3, -0.25) is 0 Å². The van der Waals surface area contributed by atoms with Crippen molar-refractivity contribution in [2.45, 2.75) is 52.9 Å². The van der Waals surface area contributed by atoms with E-state index in [1.807, 2.05) is 11.3 Å². The Balaban J connectivity index is 2.06. The van der Waals surface area contributed by atoms with Crippen molar-refractivity contribution >= 4 is 31.5 Å². The van der Waals surface area contributed by atoms with Crippen molar-refractivity contribution in [1.82, 2.24) is 0 Å². The monoisotopic (exact) mass is 310 g/mol. The molecular weight excluding hydrogens is 284 g/mol. The lowest BCUT2D eigenvalue weighted by Gasteiger charge is -2.15. The van der Waals surface area contributed by atoms with Crippen LogP contribution in [-0.4, -0.2) is 0 Å². The van der Waals surface area contributed by atoms with E-state index in [0.29, 0.717) is 11.8 Å². The maximum absolute atomic E-state index is 2.41. The molecule has 0 bridgehead atoms. The first-order chi connectivity index (χ1) is 10.6. The number of thiophene rings is 1. The molecule has 3 aromatic rings. The fraction of sp³-hybridized carbons (Fsp3) is 0.429. The molecule has 0 spiro atoms. The van der Waals surface area contributed by atoms with Gasteiger partial charge in [0.15, 0.2) is 0 Å². The normalized spacial score (nSPS) is 13.3. The molecule has 0 aliphatic rings. The van der Waals surface area contributed by atoms with Crippen LogP contribution in [0.25, 0.3) is 20.2 Å². The van der Waals surface area contributed by atoms with Crippen LogP contribution < -0.4 is 0 Å². The second-order valence-corrected chi connectivity index (χ2v) is 7.91. The molecule has 0 saturated heterocycles. The van der Waals surface area contributed by atoms with Gasteiger partial charge in [-0.05, 0) is 54.0 Å². The minimum Gasteiger partial charge on any atom is -0.135 e. The van der Waals surface area contributed by atoms with Gasteiger partial charge in [-0.1, -0.05) is 52.3 Å². The Kier molecular flexibility index (Phi) is 4.54. The van der Waals surface area contributed by atoms with Gasteiger partial charge in [0.1, 0.15) is 0 Å².